The number of nitrogens with two attached hydrogens (primary N) is 1. The Labute approximate surface area is 231 Å². The number of nitrogens with zero attached hydrogens (tertiary/aromatic N) is 1. The minimum Gasteiger partial charge on any atom is -0.480 e. The van der Waals surface area contributed by atoms with Crippen LogP contribution in [0.4, 0.5) is 5.69 Å². The van der Waals surface area contributed by atoms with E-state index in [0.29, 0.717) is 12.1 Å². The molecule has 0 fully saturated rings. The summed E-state index contributed by atoms with van der Waals surface area (Å²) in [5.74, 6) is -2.71. The van der Waals surface area contributed by atoms with Crippen molar-refractivity contribution in [2.75, 3.05) is 11.9 Å². The lowest BCUT2D eigenvalue weighted by atomic mass is 10.0. The quantitative estimate of drug-likeness (QED) is 0.256. The van der Waals surface area contributed by atoms with Crippen LogP contribution in [0.15, 0.2) is 65.6 Å². The highest BCUT2D eigenvalue weighted by Crippen LogP contribution is 2.28. The van der Waals surface area contributed by atoms with Crippen LogP contribution in [0.2, 0.25) is 0 Å². The van der Waals surface area contributed by atoms with Gasteiger partial charge in [-0.1, -0.05) is 38.1 Å². The summed E-state index contributed by atoms with van der Waals surface area (Å²) in [6.07, 6.45) is 0.176. The van der Waals surface area contributed by atoms with Crippen LogP contribution in [0.25, 0.3) is 10.8 Å². The van der Waals surface area contributed by atoms with Crippen LogP contribution < -0.4 is 15.8 Å². The van der Waals surface area contributed by atoms with Crippen molar-refractivity contribution in [3.05, 3.63) is 71.8 Å². The van der Waals surface area contributed by atoms with E-state index in [9.17, 15) is 32.7 Å². The summed E-state index contributed by atoms with van der Waals surface area (Å²) < 4.78 is 23.0. The molecule has 210 valence electrons. The van der Waals surface area contributed by atoms with Crippen LogP contribution in [0.3, 0.4) is 0 Å². The first-order chi connectivity index (χ1) is 18.8. The van der Waals surface area contributed by atoms with Crippen molar-refractivity contribution in [3.8, 4) is 0 Å². The lowest BCUT2D eigenvalue weighted by Gasteiger charge is -2.25. The standard InChI is InChI=1S/C28H30N4O7S/c1-16(2)13-24(25(33)30-19-7-9-20(10-8-19)40(29,38)39)31-23(28(36)37)11-12-32-26(34)21-14-17-5-3-4-6-18(17)15-22(21)27(32)35/h3-10,14-16,23-24,31H,11-13H2,1-2H3,(H,30,33)(H,36,37)(H2,29,38,39)/t23?,24-/m1/s1. The number of primary sulfonamides is 1. The number of carboxylic acids is 1. The summed E-state index contributed by atoms with van der Waals surface area (Å²) in [5, 5.41) is 22.2. The molecule has 5 N–H and O–H groups in total. The molecule has 2 atom stereocenters. The van der Waals surface area contributed by atoms with Gasteiger partial charge in [-0.15, -0.1) is 0 Å². The van der Waals surface area contributed by atoms with Crippen molar-refractivity contribution >= 4 is 50.2 Å². The van der Waals surface area contributed by atoms with Crippen LogP contribution in [0.1, 0.15) is 47.4 Å². The van der Waals surface area contributed by atoms with E-state index in [4.69, 9.17) is 5.14 Å². The predicted octanol–water partition coefficient (Wildman–Crippen LogP) is 2.57. The van der Waals surface area contributed by atoms with E-state index in [2.05, 4.69) is 10.6 Å². The summed E-state index contributed by atoms with van der Waals surface area (Å²) in [6.45, 7) is 3.60. The number of carbonyl (C=O) groups is 4. The van der Waals surface area contributed by atoms with Crippen LogP contribution in [-0.2, 0) is 19.6 Å². The monoisotopic (exact) mass is 566 g/mol. The fraction of sp³-hybridized carbons (Fsp3) is 0.286. The average molecular weight is 567 g/mol. The normalized spacial score (nSPS) is 14.8. The van der Waals surface area contributed by atoms with Crippen molar-refractivity contribution in [2.45, 2.75) is 43.7 Å². The first-order valence-electron chi connectivity index (χ1n) is 12.7. The maximum absolute atomic E-state index is 13.1. The number of anilines is 1. The van der Waals surface area contributed by atoms with E-state index < -0.39 is 45.8 Å². The van der Waals surface area contributed by atoms with Gasteiger partial charge in [0.05, 0.1) is 22.1 Å². The molecule has 3 aromatic carbocycles. The first kappa shape index (κ1) is 28.9. The number of benzene rings is 3. The highest BCUT2D eigenvalue weighted by Gasteiger charge is 2.37. The smallest absolute Gasteiger partial charge is 0.320 e. The third-order valence-corrected chi connectivity index (χ3v) is 7.58. The van der Waals surface area contributed by atoms with Crippen molar-refractivity contribution in [2.24, 2.45) is 11.1 Å². The average Bonchev–Trinajstić information content (AvgIpc) is 3.12. The number of aliphatic carboxylic acids is 1. The van der Waals surface area contributed by atoms with Crippen LogP contribution in [-0.4, -0.2) is 60.7 Å². The molecule has 0 bridgehead atoms. The van der Waals surface area contributed by atoms with E-state index in [0.717, 1.165) is 15.7 Å². The molecule has 1 heterocycles. The molecule has 0 spiro atoms. The summed E-state index contributed by atoms with van der Waals surface area (Å²) in [7, 11) is -3.90. The Morgan fingerprint density at radius 3 is 1.95 bits per heavy atom. The van der Waals surface area contributed by atoms with Gasteiger partial charge in [0.2, 0.25) is 15.9 Å². The molecule has 0 saturated carbocycles. The number of amides is 3. The molecule has 0 radical (unpaired) electrons. The number of imide groups is 1. The van der Waals surface area contributed by atoms with E-state index in [1.807, 2.05) is 38.1 Å². The zero-order chi connectivity index (χ0) is 29.2. The van der Waals surface area contributed by atoms with Crippen molar-refractivity contribution in [1.82, 2.24) is 10.2 Å². The minimum atomic E-state index is -3.90. The molecule has 0 aliphatic carbocycles. The van der Waals surface area contributed by atoms with Gasteiger partial charge in [-0.05, 0) is 65.9 Å². The van der Waals surface area contributed by atoms with Gasteiger partial charge in [0.25, 0.3) is 11.8 Å². The topological polar surface area (TPSA) is 176 Å². The van der Waals surface area contributed by atoms with E-state index in [1.165, 1.54) is 24.3 Å². The Morgan fingerprint density at radius 1 is 0.925 bits per heavy atom. The molecule has 1 aliphatic rings. The summed E-state index contributed by atoms with van der Waals surface area (Å²) >= 11 is 0. The molecule has 3 aromatic rings. The van der Waals surface area contributed by atoms with Gasteiger partial charge in [0.15, 0.2) is 0 Å². The molecular weight excluding hydrogens is 536 g/mol. The van der Waals surface area contributed by atoms with Crippen molar-refractivity contribution in [3.63, 3.8) is 0 Å². The second kappa shape index (κ2) is 11.5. The highest BCUT2D eigenvalue weighted by molar-refractivity contribution is 7.89. The van der Waals surface area contributed by atoms with Gasteiger partial charge >= 0.3 is 5.97 Å². The fourth-order valence-electron chi connectivity index (χ4n) is 4.64. The summed E-state index contributed by atoms with van der Waals surface area (Å²) in [4.78, 5) is 52.2. The van der Waals surface area contributed by atoms with Crippen LogP contribution in [0.5, 0.6) is 0 Å². The molecular formula is C28H30N4O7S. The third-order valence-electron chi connectivity index (χ3n) is 6.65. The number of sulfonamides is 1. The Balaban J connectivity index is 1.46. The van der Waals surface area contributed by atoms with E-state index in [-0.39, 0.29) is 34.9 Å². The summed E-state index contributed by atoms with van der Waals surface area (Å²) in [5.41, 5.74) is 0.848. The maximum Gasteiger partial charge on any atom is 0.320 e. The number of hydrogen-bond donors (Lipinski definition) is 4. The summed E-state index contributed by atoms with van der Waals surface area (Å²) in [6, 6.07) is 13.8. The largest absolute Gasteiger partial charge is 0.480 e. The molecule has 1 unspecified atom stereocenters. The van der Waals surface area contributed by atoms with Gasteiger partial charge in [0.1, 0.15) is 6.04 Å². The maximum atomic E-state index is 13.1. The molecule has 0 saturated heterocycles. The zero-order valence-electron chi connectivity index (χ0n) is 22.0. The van der Waals surface area contributed by atoms with Crippen LogP contribution in [0, 0.1) is 5.92 Å². The van der Waals surface area contributed by atoms with Gasteiger partial charge in [-0.25, -0.2) is 13.6 Å². The van der Waals surface area contributed by atoms with Gasteiger partial charge in [-0.2, -0.15) is 0 Å². The Hall–Kier alpha value is -4.13. The van der Waals surface area contributed by atoms with Crippen LogP contribution >= 0.6 is 0 Å². The minimum absolute atomic E-state index is 0.0211. The number of hydrogen-bond acceptors (Lipinski definition) is 7. The Bertz CT molecular complexity index is 1530. The second-order valence-electron chi connectivity index (χ2n) is 10.1. The lowest BCUT2D eigenvalue weighted by molar-refractivity contribution is -0.140. The molecule has 4 rings (SSSR count). The van der Waals surface area contributed by atoms with E-state index >= 15 is 0 Å². The number of nitrogens with one attached hydrogen (secondary N) is 2. The van der Waals surface area contributed by atoms with Gasteiger partial charge < -0.3 is 10.4 Å². The lowest BCUT2D eigenvalue weighted by Crippen LogP contribution is -2.50. The molecule has 3 amide bonds. The van der Waals surface area contributed by atoms with Crippen molar-refractivity contribution < 1.29 is 32.7 Å². The first-order valence-corrected chi connectivity index (χ1v) is 14.2. The number of rotatable bonds is 11. The predicted molar refractivity (Wildman–Crippen MR) is 148 cm³/mol. The second-order valence-corrected chi connectivity index (χ2v) is 11.7. The Morgan fingerprint density at radius 2 is 1.48 bits per heavy atom. The van der Waals surface area contributed by atoms with Gasteiger partial charge in [-0.3, -0.25) is 29.4 Å². The highest BCUT2D eigenvalue weighted by atomic mass is 32.2. The molecule has 40 heavy (non-hydrogen) atoms. The Kier molecular flexibility index (Phi) is 8.33. The van der Waals surface area contributed by atoms with E-state index in [1.54, 1.807) is 12.1 Å². The molecule has 12 heteroatoms. The SMILES string of the molecule is CC(C)C[C@@H](NC(CCN1C(=O)c2cc3ccccc3cc2C1=O)C(=O)O)C(=O)Nc1ccc(S(N)(=O)=O)cc1. The number of fused-ring (bicyclic) bond motifs is 2. The number of carbonyl (C=O) groups excluding carboxylic acids is 3. The molecule has 11 nitrogen and oxygen atoms in total. The molecule has 1 aliphatic heterocycles. The van der Waals surface area contributed by atoms with Gasteiger partial charge in [0, 0.05) is 12.2 Å². The molecule has 0 aromatic heterocycles. The number of carboxylic acid groups (broad SMARTS) is 1. The van der Waals surface area contributed by atoms with Crippen molar-refractivity contribution in [1.29, 1.82) is 0 Å². The fourth-order valence-corrected chi connectivity index (χ4v) is 5.15. The zero-order valence-corrected chi connectivity index (χ0v) is 22.8. The third kappa shape index (κ3) is 6.36.